The molecule has 1 fully saturated rings. The van der Waals surface area contributed by atoms with E-state index in [1.807, 2.05) is 0 Å². The summed E-state index contributed by atoms with van der Waals surface area (Å²) < 4.78 is 13.7. The Bertz CT molecular complexity index is 795. The first-order chi connectivity index (χ1) is 13.0. The molecule has 3 rings (SSSR count). The van der Waals surface area contributed by atoms with Crippen molar-refractivity contribution >= 4 is 17.5 Å². The van der Waals surface area contributed by atoms with E-state index in [0.717, 1.165) is 31.9 Å². The molecule has 1 aromatic carbocycles. The third kappa shape index (κ3) is 5.10. The molecule has 0 spiro atoms. The van der Waals surface area contributed by atoms with Gasteiger partial charge in [-0.15, -0.1) is 0 Å². The minimum absolute atomic E-state index is 0.168. The van der Waals surface area contributed by atoms with E-state index >= 15 is 0 Å². The average Bonchev–Trinajstić information content (AvgIpc) is 2.67. The van der Waals surface area contributed by atoms with Crippen molar-refractivity contribution in [2.75, 3.05) is 17.2 Å². The van der Waals surface area contributed by atoms with Gasteiger partial charge in [-0.05, 0) is 37.7 Å². The number of halogens is 1. The fourth-order valence-corrected chi connectivity index (χ4v) is 3.17. The lowest BCUT2D eigenvalue weighted by molar-refractivity contribution is -0.384. The van der Waals surface area contributed by atoms with Crippen LogP contribution in [0.4, 0.5) is 21.8 Å². The fraction of sp³-hybridized carbons (Fsp3) is 0.444. The second-order valence-electron chi connectivity index (χ2n) is 6.79. The number of benzene rings is 1. The third-order valence-electron chi connectivity index (χ3n) is 4.81. The van der Waals surface area contributed by atoms with Crippen LogP contribution in [0.25, 0.3) is 0 Å². The van der Waals surface area contributed by atoms with Crippen LogP contribution in [0.1, 0.15) is 31.2 Å². The number of rotatable bonds is 7. The number of nitrogens with two attached hydrogens (primary N) is 1. The average molecular weight is 374 g/mol. The van der Waals surface area contributed by atoms with Crippen molar-refractivity contribution in [3.05, 3.63) is 52.0 Å². The minimum atomic E-state index is -0.514. The first-order valence-electron chi connectivity index (χ1n) is 9.01. The number of anilines is 2. The molecule has 1 saturated carbocycles. The molecule has 9 heteroatoms. The molecular weight excluding hydrogens is 351 g/mol. The monoisotopic (exact) mass is 374 g/mol. The fourth-order valence-electron chi connectivity index (χ4n) is 3.17. The van der Waals surface area contributed by atoms with Crippen LogP contribution in [0.2, 0.25) is 0 Å². The van der Waals surface area contributed by atoms with Gasteiger partial charge in [0.2, 0.25) is 11.8 Å². The highest BCUT2D eigenvalue weighted by Gasteiger charge is 2.21. The van der Waals surface area contributed by atoms with E-state index in [4.69, 9.17) is 5.73 Å². The molecule has 0 unspecified atom stereocenters. The Morgan fingerprint density at radius 3 is 2.67 bits per heavy atom. The zero-order chi connectivity index (χ0) is 19.2. The Balaban J connectivity index is 1.67. The van der Waals surface area contributed by atoms with Gasteiger partial charge >= 0.3 is 5.69 Å². The normalized spacial score (nSPS) is 19.5. The van der Waals surface area contributed by atoms with Crippen LogP contribution in [0, 0.1) is 21.8 Å². The van der Waals surface area contributed by atoms with Crippen molar-refractivity contribution in [1.82, 2.24) is 9.97 Å². The highest BCUT2D eigenvalue weighted by Crippen LogP contribution is 2.26. The maximum atomic E-state index is 13.7. The molecule has 1 aliphatic carbocycles. The Morgan fingerprint density at radius 1 is 1.22 bits per heavy atom. The van der Waals surface area contributed by atoms with Gasteiger partial charge in [-0.2, -0.15) is 4.98 Å². The highest BCUT2D eigenvalue weighted by atomic mass is 19.1. The van der Waals surface area contributed by atoms with E-state index < -0.39 is 4.92 Å². The molecule has 0 amide bonds. The summed E-state index contributed by atoms with van der Waals surface area (Å²) in [5, 5.41) is 17.2. The molecule has 4 N–H and O–H groups in total. The van der Waals surface area contributed by atoms with E-state index in [2.05, 4.69) is 20.6 Å². The lowest BCUT2D eigenvalue weighted by Crippen LogP contribution is -2.29. The summed E-state index contributed by atoms with van der Waals surface area (Å²) in [6, 6.07) is 6.63. The van der Waals surface area contributed by atoms with Crippen molar-refractivity contribution < 1.29 is 9.31 Å². The maximum absolute atomic E-state index is 13.7. The summed E-state index contributed by atoms with van der Waals surface area (Å²) in [5.41, 5.74) is 6.20. The van der Waals surface area contributed by atoms with Crippen molar-refractivity contribution in [2.45, 2.75) is 38.3 Å². The van der Waals surface area contributed by atoms with Crippen molar-refractivity contribution in [2.24, 2.45) is 11.7 Å². The van der Waals surface area contributed by atoms with Gasteiger partial charge in [0.1, 0.15) is 12.0 Å². The SMILES string of the molecule is N[C@H]1CC[C@H](CNc2nc(NCc3ccccc3F)ncc2[N+](=O)[O-])CC1. The second-order valence-corrected chi connectivity index (χ2v) is 6.79. The number of hydrogen-bond acceptors (Lipinski definition) is 7. The van der Waals surface area contributed by atoms with E-state index in [-0.39, 0.29) is 35.9 Å². The molecule has 0 atom stereocenters. The summed E-state index contributed by atoms with van der Waals surface area (Å²) in [6.45, 7) is 0.780. The lowest BCUT2D eigenvalue weighted by Gasteiger charge is -2.26. The number of nitrogens with zero attached hydrogens (tertiary/aromatic N) is 3. The van der Waals surface area contributed by atoms with Crippen LogP contribution in [0.5, 0.6) is 0 Å². The predicted molar refractivity (Wildman–Crippen MR) is 101 cm³/mol. The smallest absolute Gasteiger partial charge is 0.329 e. The summed E-state index contributed by atoms with van der Waals surface area (Å²) >= 11 is 0. The van der Waals surface area contributed by atoms with E-state index in [0.29, 0.717) is 18.0 Å². The molecule has 1 aliphatic rings. The molecule has 2 aromatic rings. The molecule has 27 heavy (non-hydrogen) atoms. The molecule has 1 heterocycles. The Hall–Kier alpha value is -2.81. The van der Waals surface area contributed by atoms with Crippen molar-refractivity contribution in [3.8, 4) is 0 Å². The highest BCUT2D eigenvalue weighted by molar-refractivity contribution is 5.57. The first kappa shape index (κ1) is 19.0. The van der Waals surface area contributed by atoms with Gasteiger partial charge in [0.15, 0.2) is 0 Å². The van der Waals surface area contributed by atoms with Gasteiger partial charge in [-0.25, -0.2) is 9.37 Å². The van der Waals surface area contributed by atoms with Gasteiger partial charge in [-0.3, -0.25) is 10.1 Å². The third-order valence-corrected chi connectivity index (χ3v) is 4.81. The molecule has 1 aromatic heterocycles. The number of aromatic nitrogens is 2. The van der Waals surface area contributed by atoms with Gasteiger partial charge in [-0.1, -0.05) is 18.2 Å². The van der Waals surface area contributed by atoms with Gasteiger partial charge in [0, 0.05) is 24.7 Å². The van der Waals surface area contributed by atoms with Gasteiger partial charge in [0.05, 0.1) is 4.92 Å². The first-order valence-corrected chi connectivity index (χ1v) is 9.01. The summed E-state index contributed by atoms with van der Waals surface area (Å²) in [5.74, 6) is 0.452. The van der Waals surface area contributed by atoms with E-state index in [1.54, 1.807) is 18.2 Å². The lowest BCUT2D eigenvalue weighted by atomic mass is 9.86. The minimum Gasteiger partial charge on any atom is -0.364 e. The summed E-state index contributed by atoms with van der Waals surface area (Å²) in [6.07, 6.45) is 5.08. The molecule has 0 bridgehead atoms. The molecule has 0 radical (unpaired) electrons. The maximum Gasteiger partial charge on any atom is 0.329 e. The van der Waals surface area contributed by atoms with Crippen LogP contribution < -0.4 is 16.4 Å². The number of nitrogens with one attached hydrogen (secondary N) is 2. The number of nitro groups is 1. The standard InChI is InChI=1S/C18H23FN6O2/c19-15-4-2-1-3-13(15)10-22-18-23-11-16(25(26)27)17(24-18)21-9-12-5-7-14(20)8-6-12/h1-4,11-12,14H,5-10,20H2,(H2,21,22,23,24)/t12-,14-. The quantitative estimate of drug-likeness (QED) is 0.503. The molecule has 0 saturated heterocycles. The number of hydrogen-bond donors (Lipinski definition) is 3. The van der Waals surface area contributed by atoms with E-state index in [9.17, 15) is 14.5 Å². The summed E-state index contributed by atoms with van der Waals surface area (Å²) in [4.78, 5) is 18.9. The van der Waals surface area contributed by atoms with Gasteiger partial charge < -0.3 is 16.4 Å². The largest absolute Gasteiger partial charge is 0.364 e. The second kappa shape index (κ2) is 8.72. The molecule has 0 aliphatic heterocycles. The zero-order valence-corrected chi connectivity index (χ0v) is 14.9. The van der Waals surface area contributed by atoms with Crippen LogP contribution in [-0.2, 0) is 6.54 Å². The Morgan fingerprint density at radius 2 is 1.96 bits per heavy atom. The Kier molecular flexibility index (Phi) is 6.12. The van der Waals surface area contributed by atoms with Crippen molar-refractivity contribution in [1.29, 1.82) is 0 Å². The van der Waals surface area contributed by atoms with Crippen LogP contribution >= 0.6 is 0 Å². The van der Waals surface area contributed by atoms with E-state index in [1.165, 1.54) is 6.07 Å². The molecule has 144 valence electrons. The van der Waals surface area contributed by atoms with Crippen LogP contribution in [0.15, 0.2) is 30.5 Å². The Labute approximate surface area is 156 Å². The van der Waals surface area contributed by atoms with Crippen LogP contribution in [0.3, 0.4) is 0 Å². The van der Waals surface area contributed by atoms with Crippen molar-refractivity contribution in [3.63, 3.8) is 0 Å². The zero-order valence-electron chi connectivity index (χ0n) is 14.9. The topological polar surface area (TPSA) is 119 Å². The van der Waals surface area contributed by atoms with Gasteiger partial charge in [0.25, 0.3) is 0 Å². The molecule has 8 nitrogen and oxygen atoms in total. The predicted octanol–water partition coefficient (Wildman–Crippen LogP) is 3.07. The summed E-state index contributed by atoms with van der Waals surface area (Å²) in [7, 11) is 0. The van der Waals surface area contributed by atoms with Crippen LogP contribution in [-0.4, -0.2) is 27.5 Å². The molecular formula is C18H23FN6O2.